The SMILES string of the molecule is O=c1c2c3c(sc2nc(SCc2nc(-c4ccco4)no2)n1C1CCCC1)CCCC3. The quantitative estimate of drug-likeness (QED) is 0.295. The summed E-state index contributed by atoms with van der Waals surface area (Å²) >= 11 is 3.21. The van der Waals surface area contributed by atoms with Gasteiger partial charge in [-0.15, -0.1) is 11.3 Å². The summed E-state index contributed by atoms with van der Waals surface area (Å²) in [5, 5.41) is 5.64. The number of thiophene rings is 1. The largest absolute Gasteiger partial charge is 0.461 e. The molecule has 160 valence electrons. The van der Waals surface area contributed by atoms with Crippen LogP contribution in [0, 0.1) is 0 Å². The van der Waals surface area contributed by atoms with E-state index in [1.807, 2.05) is 4.57 Å². The summed E-state index contributed by atoms with van der Waals surface area (Å²) in [6, 6.07) is 3.82. The summed E-state index contributed by atoms with van der Waals surface area (Å²) in [7, 11) is 0. The van der Waals surface area contributed by atoms with E-state index < -0.39 is 0 Å². The molecule has 0 aliphatic heterocycles. The summed E-state index contributed by atoms with van der Waals surface area (Å²) in [6.45, 7) is 0. The van der Waals surface area contributed by atoms with E-state index in [9.17, 15) is 4.79 Å². The zero-order valence-corrected chi connectivity index (χ0v) is 18.6. The molecule has 4 heterocycles. The lowest BCUT2D eigenvalue weighted by atomic mass is 9.97. The van der Waals surface area contributed by atoms with E-state index in [1.165, 1.54) is 28.6 Å². The normalized spacial score (nSPS) is 16.9. The van der Waals surface area contributed by atoms with Gasteiger partial charge < -0.3 is 8.94 Å². The molecule has 6 rings (SSSR count). The molecule has 0 amide bonds. The van der Waals surface area contributed by atoms with Crippen LogP contribution < -0.4 is 5.56 Å². The first-order chi connectivity index (χ1) is 15.3. The summed E-state index contributed by atoms with van der Waals surface area (Å²) in [6.07, 6.45) is 10.4. The number of hydrogen-bond acceptors (Lipinski definition) is 8. The average molecular weight is 455 g/mol. The van der Waals surface area contributed by atoms with E-state index in [2.05, 4.69) is 10.1 Å². The third kappa shape index (κ3) is 3.43. The molecule has 0 unspecified atom stereocenters. The molecule has 2 aliphatic carbocycles. The molecular formula is C22H22N4O3S2. The lowest BCUT2D eigenvalue weighted by Gasteiger charge is -2.18. The van der Waals surface area contributed by atoms with E-state index in [0.29, 0.717) is 23.2 Å². The monoisotopic (exact) mass is 454 g/mol. The molecule has 2 aliphatic rings. The smallest absolute Gasteiger partial charge is 0.263 e. The van der Waals surface area contributed by atoms with E-state index in [-0.39, 0.29) is 11.6 Å². The predicted octanol–water partition coefficient (Wildman–Crippen LogP) is 5.39. The first-order valence-corrected chi connectivity index (χ1v) is 12.6. The number of furan rings is 1. The molecule has 9 heteroatoms. The van der Waals surface area contributed by atoms with Crippen LogP contribution in [-0.4, -0.2) is 19.7 Å². The molecule has 0 atom stereocenters. The van der Waals surface area contributed by atoms with Gasteiger partial charge in [0.05, 0.1) is 17.4 Å². The fourth-order valence-electron chi connectivity index (χ4n) is 4.73. The van der Waals surface area contributed by atoms with Crippen molar-refractivity contribution in [1.29, 1.82) is 0 Å². The molecule has 0 spiro atoms. The van der Waals surface area contributed by atoms with Crippen molar-refractivity contribution in [2.45, 2.75) is 68.3 Å². The van der Waals surface area contributed by atoms with E-state index >= 15 is 0 Å². The first-order valence-electron chi connectivity index (χ1n) is 10.8. The Balaban J connectivity index is 1.37. The van der Waals surface area contributed by atoms with Gasteiger partial charge in [0, 0.05) is 10.9 Å². The number of rotatable bonds is 5. The summed E-state index contributed by atoms with van der Waals surface area (Å²) in [5.74, 6) is 1.97. The fraction of sp³-hybridized carbons (Fsp3) is 0.455. The van der Waals surface area contributed by atoms with Gasteiger partial charge >= 0.3 is 0 Å². The van der Waals surface area contributed by atoms with Crippen LogP contribution in [0.25, 0.3) is 21.8 Å². The molecular weight excluding hydrogens is 432 g/mol. The van der Waals surface area contributed by atoms with Gasteiger partial charge in [0.2, 0.25) is 11.7 Å². The zero-order valence-electron chi connectivity index (χ0n) is 17.0. The Labute approximate surface area is 186 Å². The Morgan fingerprint density at radius 2 is 2.03 bits per heavy atom. The minimum atomic E-state index is 0.139. The van der Waals surface area contributed by atoms with Gasteiger partial charge in [-0.25, -0.2) is 4.98 Å². The molecule has 1 saturated carbocycles. The van der Waals surface area contributed by atoms with Crippen LogP contribution in [0.15, 0.2) is 37.3 Å². The van der Waals surface area contributed by atoms with Crippen molar-refractivity contribution in [1.82, 2.24) is 19.7 Å². The second-order valence-corrected chi connectivity index (χ2v) is 10.2. The topological polar surface area (TPSA) is 86.9 Å². The maximum absolute atomic E-state index is 13.7. The van der Waals surface area contributed by atoms with Crippen molar-refractivity contribution in [2.75, 3.05) is 0 Å². The highest BCUT2D eigenvalue weighted by Crippen LogP contribution is 2.38. The minimum Gasteiger partial charge on any atom is -0.461 e. The van der Waals surface area contributed by atoms with Crippen LogP contribution in [0.3, 0.4) is 0 Å². The first kappa shape index (κ1) is 19.3. The highest BCUT2D eigenvalue weighted by atomic mass is 32.2. The second kappa shape index (κ2) is 7.94. The van der Waals surface area contributed by atoms with Crippen LogP contribution in [0.5, 0.6) is 0 Å². The molecule has 0 radical (unpaired) electrons. The van der Waals surface area contributed by atoms with Crippen LogP contribution >= 0.6 is 23.1 Å². The van der Waals surface area contributed by atoms with E-state index in [1.54, 1.807) is 29.7 Å². The van der Waals surface area contributed by atoms with Gasteiger partial charge in [-0.05, 0) is 56.2 Å². The van der Waals surface area contributed by atoms with Crippen molar-refractivity contribution in [3.8, 4) is 11.6 Å². The number of aryl methyl sites for hydroxylation is 2. The lowest BCUT2D eigenvalue weighted by Crippen LogP contribution is -2.26. The van der Waals surface area contributed by atoms with E-state index in [0.717, 1.165) is 60.3 Å². The molecule has 0 aromatic carbocycles. The number of nitrogens with zero attached hydrogens (tertiary/aromatic N) is 4. The fourth-order valence-corrected chi connectivity index (χ4v) is 6.94. The van der Waals surface area contributed by atoms with Gasteiger partial charge in [0.15, 0.2) is 10.9 Å². The molecule has 7 nitrogen and oxygen atoms in total. The second-order valence-electron chi connectivity index (χ2n) is 8.18. The van der Waals surface area contributed by atoms with Crippen LogP contribution in [-0.2, 0) is 18.6 Å². The van der Waals surface area contributed by atoms with Crippen molar-refractivity contribution >= 4 is 33.3 Å². The van der Waals surface area contributed by atoms with Gasteiger partial charge in [-0.3, -0.25) is 9.36 Å². The Morgan fingerprint density at radius 3 is 2.87 bits per heavy atom. The summed E-state index contributed by atoms with van der Waals surface area (Å²) < 4.78 is 12.7. The number of fused-ring (bicyclic) bond motifs is 3. The summed E-state index contributed by atoms with van der Waals surface area (Å²) in [4.78, 5) is 25.4. The molecule has 0 saturated heterocycles. The number of aromatic nitrogens is 4. The van der Waals surface area contributed by atoms with E-state index in [4.69, 9.17) is 13.9 Å². The average Bonchev–Trinajstić information content (AvgIpc) is 3.58. The Hall–Kier alpha value is -2.39. The highest BCUT2D eigenvalue weighted by Gasteiger charge is 2.27. The predicted molar refractivity (Wildman–Crippen MR) is 120 cm³/mol. The van der Waals surface area contributed by atoms with Crippen molar-refractivity contribution in [3.05, 3.63) is 45.1 Å². The van der Waals surface area contributed by atoms with Crippen LogP contribution in [0.2, 0.25) is 0 Å². The maximum Gasteiger partial charge on any atom is 0.263 e. The van der Waals surface area contributed by atoms with Crippen LogP contribution in [0.4, 0.5) is 0 Å². The molecule has 4 aromatic rings. The number of hydrogen-bond donors (Lipinski definition) is 0. The maximum atomic E-state index is 13.7. The molecule has 31 heavy (non-hydrogen) atoms. The van der Waals surface area contributed by atoms with Gasteiger partial charge in [0.25, 0.3) is 5.56 Å². The summed E-state index contributed by atoms with van der Waals surface area (Å²) in [5.41, 5.74) is 1.40. The van der Waals surface area contributed by atoms with Gasteiger partial charge in [-0.2, -0.15) is 4.98 Å². The lowest BCUT2D eigenvalue weighted by molar-refractivity contribution is 0.390. The van der Waals surface area contributed by atoms with Crippen LogP contribution in [0.1, 0.15) is 60.9 Å². The highest BCUT2D eigenvalue weighted by molar-refractivity contribution is 7.98. The van der Waals surface area contributed by atoms with Gasteiger partial charge in [-0.1, -0.05) is 29.8 Å². The number of thioether (sulfide) groups is 1. The Kier molecular flexibility index (Phi) is 4.95. The third-order valence-electron chi connectivity index (χ3n) is 6.21. The molecule has 0 N–H and O–H groups in total. The standard InChI is InChI=1S/C22H22N4O3S2/c27-21-18-14-8-3-4-10-16(14)31-20(18)24-22(26(21)13-6-1-2-7-13)30-12-17-23-19(25-29-17)15-9-5-11-28-15/h5,9,11,13H,1-4,6-8,10,12H2. The molecule has 0 bridgehead atoms. The molecule has 1 fully saturated rings. The van der Waals surface area contributed by atoms with Crippen molar-refractivity contribution in [3.63, 3.8) is 0 Å². The minimum absolute atomic E-state index is 0.139. The van der Waals surface area contributed by atoms with Crippen molar-refractivity contribution in [2.24, 2.45) is 0 Å². The Bertz CT molecular complexity index is 1280. The Morgan fingerprint density at radius 1 is 1.16 bits per heavy atom. The van der Waals surface area contributed by atoms with Crippen molar-refractivity contribution < 1.29 is 8.94 Å². The zero-order chi connectivity index (χ0) is 20.8. The van der Waals surface area contributed by atoms with Gasteiger partial charge in [0.1, 0.15) is 4.83 Å². The third-order valence-corrected chi connectivity index (χ3v) is 8.34. The molecule has 4 aromatic heterocycles.